The minimum absolute atomic E-state index is 0.152. The van der Waals surface area contributed by atoms with Crippen LogP contribution in [0.5, 0.6) is 0 Å². The zero-order valence-corrected chi connectivity index (χ0v) is 17.7. The van der Waals surface area contributed by atoms with Crippen LogP contribution < -0.4 is 5.32 Å². The Morgan fingerprint density at radius 2 is 1.69 bits per heavy atom. The molecule has 2 saturated carbocycles. The van der Waals surface area contributed by atoms with E-state index < -0.39 is 0 Å². The van der Waals surface area contributed by atoms with E-state index in [4.69, 9.17) is 0 Å². The van der Waals surface area contributed by atoms with Crippen LogP contribution in [0.25, 0.3) is 0 Å². The normalized spacial score (nSPS) is 26.0. The molecule has 1 saturated heterocycles. The number of nitrogens with zero attached hydrogens (tertiary/aromatic N) is 1. The summed E-state index contributed by atoms with van der Waals surface area (Å²) < 4.78 is 0. The fourth-order valence-corrected chi connectivity index (χ4v) is 6.07. The second-order valence-corrected chi connectivity index (χ2v) is 9.36. The Morgan fingerprint density at radius 1 is 0.966 bits per heavy atom. The number of carbonyl (C=O) groups is 2. The van der Waals surface area contributed by atoms with Crippen LogP contribution in [-0.4, -0.2) is 35.8 Å². The second kappa shape index (κ2) is 9.32. The van der Waals surface area contributed by atoms with Gasteiger partial charge in [0.1, 0.15) is 0 Å². The van der Waals surface area contributed by atoms with Gasteiger partial charge in [0.15, 0.2) is 0 Å². The van der Waals surface area contributed by atoms with Crippen molar-refractivity contribution in [3.63, 3.8) is 0 Å². The van der Waals surface area contributed by atoms with E-state index in [2.05, 4.69) is 22.3 Å². The van der Waals surface area contributed by atoms with Crippen molar-refractivity contribution in [2.75, 3.05) is 13.1 Å². The standard InChI is InChI=1S/C25H36N2O2/c28-23(27-19-9-11-20-10-4-5-14-22(20)27)15-8-18-26-24(29)25(16-6-7-17-25)21-12-2-1-3-13-21/h1-3,12-13,20,22H,4-11,14-19H2,(H,26,29). The molecule has 3 fully saturated rings. The summed E-state index contributed by atoms with van der Waals surface area (Å²) in [6.45, 7) is 1.53. The molecule has 1 N–H and O–H groups in total. The first-order chi connectivity index (χ1) is 14.2. The minimum Gasteiger partial charge on any atom is -0.355 e. The Labute approximate surface area is 175 Å². The van der Waals surface area contributed by atoms with Crippen molar-refractivity contribution in [1.29, 1.82) is 0 Å². The van der Waals surface area contributed by atoms with E-state index in [1.54, 1.807) is 0 Å². The molecular formula is C25H36N2O2. The van der Waals surface area contributed by atoms with Gasteiger partial charge in [-0.05, 0) is 56.4 Å². The number of hydrogen-bond acceptors (Lipinski definition) is 2. The van der Waals surface area contributed by atoms with Crippen molar-refractivity contribution in [3.8, 4) is 0 Å². The zero-order chi connectivity index (χ0) is 20.1. The fraction of sp³-hybridized carbons (Fsp3) is 0.680. The quantitative estimate of drug-likeness (QED) is 0.716. The number of amides is 2. The molecule has 2 unspecified atom stereocenters. The van der Waals surface area contributed by atoms with E-state index in [9.17, 15) is 9.59 Å². The summed E-state index contributed by atoms with van der Waals surface area (Å²) in [7, 11) is 0. The van der Waals surface area contributed by atoms with Gasteiger partial charge in [0.05, 0.1) is 5.41 Å². The second-order valence-electron chi connectivity index (χ2n) is 9.36. The molecule has 0 spiro atoms. The average molecular weight is 397 g/mol. The van der Waals surface area contributed by atoms with Crippen LogP contribution in [0, 0.1) is 5.92 Å². The lowest BCUT2D eigenvalue weighted by molar-refractivity contribution is -0.137. The number of fused-ring (bicyclic) bond motifs is 1. The van der Waals surface area contributed by atoms with Crippen LogP contribution in [-0.2, 0) is 15.0 Å². The first-order valence-corrected chi connectivity index (χ1v) is 11.8. The first kappa shape index (κ1) is 20.4. The number of nitrogens with one attached hydrogen (secondary N) is 1. The molecule has 4 nitrogen and oxygen atoms in total. The molecule has 1 aromatic rings. The molecule has 0 aromatic heterocycles. The van der Waals surface area contributed by atoms with E-state index in [1.165, 1.54) is 32.1 Å². The van der Waals surface area contributed by atoms with E-state index in [1.807, 2.05) is 18.2 Å². The monoisotopic (exact) mass is 396 g/mol. The molecule has 158 valence electrons. The van der Waals surface area contributed by atoms with Crippen LogP contribution in [0.4, 0.5) is 0 Å². The highest BCUT2D eigenvalue weighted by atomic mass is 16.2. The van der Waals surface area contributed by atoms with E-state index in [0.717, 1.165) is 56.6 Å². The maximum atomic E-state index is 13.1. The van der Waals surface area contributed by atoms with Crippen LogP contribution in [0.3, 0.4) is 0 Å². The SMILES string of the molecule is O=C(CCCNC(=O)C1(c2ccccc2)CCCC1)N1CCCC2CCCCC21. The van der Waals surface area contributed by atoms with Gasteiger partial charge in [-0.2, -0.15) is 0 Å². The molecule has 29 heavy (non-hydrogen) atoms. The Hall–Kier alpha value is -1.84. The predicted octanol–water partition coefficient (Wildman–Crippen LogP) is 4.58. The number of hydrogen-bond donors (Lipinski definition) is 1. The van der Waals surface area contributed by atoms with E-state index >= 15 is 0 Å². The van der Waals surface area contributed by atoms with Crippen LogP contribution >= 0.6 is 0 Å². The minimum atomic E-state index is -0.368. The topological polar surface area (TPSA) is 49.4 Å². The fourth-order valence-electron chi connectivity index (χ4n) is 6.07. The third kappa shape index (κ3) is 4.36. The molecule has 2 atom stereocenters. The van der Waals surface area contributed by atoms with E-state index in [0.29, 0.717) is 24.9 Å². The Morgan fingerprint density at radius 3 is 2.48 bits per heavy atom. The molecule has 2 amide bonds. The van der Waals surface area contributed by atoms with Crippen molar-refractivity contribution < 1.29 is 9.59 Å². The average Bonchev–Trinajstić information content (AvgIpc) is 3.28. The first-order valence-electron chi connectivity index (χ1n) is 11.8. The zero-order valence-electron chi connectivity index (χ0n) is 17.7. The van der Waals surface area contributed by atoms with Gasteiger partial charge in [0.25, 0.3) is 0 Å². The summed E-state index contributed by atoms with van der Waals surface area (Å²) in [5.74, 6) is 1.18. The van der Waals surface area contributed by atoms with Gasteiger partial charge in [-0.3, -0.25) is 9.59 Å². The van der Waals surface area contributed by atoms with Crippen LogP contribution in [0.1, 0.15) is 82.6 Å². The molecule has 1 aromatic carbocycles. The number of benzene rings is 1. The lowest BCUT2D eigenvalue weighted by Crippen LogP contribution is -2.49. The largest absolute Gasteiger partial charge is 0.355 e. The van der Waals surface area contributed by atoms with Gasteiger partial charge in [-0.25, -0.2) is 0 Å². The maximum Gasteiger partial charge on any atom is 0.230 e. The third-order valence-corrected chi connectivity index (χ3v) is 7.63. The highest BCUT2D eigenvalue weighted by Gasteiger charge is 2.42. The predicted molar refractivity (Wildman–Crippen MR) is 116 cm³/mol. The molecule has 4 rings (SSSR count). The molecule has 0 bridgehead atoms. The molecule has 2 aliphatic carbocycles. The Balaban J connectivity index is 1.27. The summed E-state index contributed by atoms with van der Waals surface area (Å²) in [6.07, 6.45) is 12.9. The number of likely N-dealkylation sites (tertiary alicyclic amines) is 1. The highest BCUT2D eigenvalue weighted by Crippen LogP contribution is 2.41. The van der Waals surface area contributed by atoms with Crippen molar-refractivity contribution >= 4 is 11.8 Å². The lowest BCUT2D eigenvalue weighted by atomic mass is 9.78. The number of carbonyl (C=O) groups excluding carboxylic acids is 2. The molecule has 1 aliphatic heterocycles. The van der Waals surface area contributed by atoms with Gasteiger partial charge >= 0.3 is 0 Å². The number of rotatable bonds is 6. The van der Waals surface area contributed by atoms with Gasteiger partial charge in [0, 0.05) is 25.6 Å². The van der Waals surface area contributed by atoms with Crippen LogP contribution in [0.2, 0.25) is 0 Å². The van der Waals surface area contributed by atoms with Gasteiger partial charge in [-0.15, -0.1) is 0 Å². The number of piperidine rings is 1. The Bertz CT molecular complexity index is 694. The van der Waals surface area contributed by atoms with Crippen molar-refractivity contribution in [2.45, 2.75) is 88.5 Å². The maximum absolute atomic E-state index is 13.1. The Kier molecular flexibility index (Phi) is 6.56. The molecular weight excluding hydrogens is 360 g/mol. The van der Waals surface area contributed by atoms with Gasteiger partial charge < -0.3 is 10.2 Å². The summed E-state index contributed by atoms with van der Waals surface area (Å²) in [5, 5.41) is 3.17. The lowest BCUT2D eigenvalue weighted by Gasteiger charge is -2.44. The summed E-state index contributed by atoms with van der Waals surface area (Å²) >= 11 is 0. The summed E-state index contributed by atoms with van der Waals surface area (Å²) in [4.78, 5) is 28.1. The molecule has 1 heterocycles. The highest BCUT2D eigenvalue weighted by molar-refractivity contribution is 5.88. The summed E-state index contributed by atoms with van der Waals surface area (Å²) in [6, 6.07) is 10.7. The van der Waals surface area contributed by atoms with E-state index in [-0.39, 0.29) is 11.3 Å². The van der Waals surface area contributed by atoms with Crippen LogP contribution in [0.15, 0.2) is 30.3 Å². The van der Waals surface area contributed by atoms with Crippen molar-refractivity contribution in [1.82, 2.24) is 10.2 Å². The molecule has 0 radical (unpaired) electrons. The van der Waals surface area contributed by atoms with Gasteiger partial charge in [-0.1, -0.05) is 56.0 Å². The molecule has 4 heteroatoms. The molecule has 3 aliphatic rings. The van der Waals surface area contributed by atoms with Crippen molar-refractivity contribution in [2.24, 2.45) is 5.92 Å². The smallest absolute Gasteiger partial charge is 0.230 e. The summed E-state index contributed by atoms with van der Waals surface area (Å²) in [5.41, 5.74) is 0.774. The van der Waals surface area contributed by atoms with Gasteiger partial charge in [0.2, 0.25) is 11.8 Å². The third-order valence-electron chi connectivity index (χ3n) is 7.63. The van der Waals surface area contributed by atoms with Crippen molar-refractivity contribution in [3.05, 3.63) is 35.9 Å².